The zero-order valence-electron chi connectivity index (χ0n) is 12.9. The summed E-state index contributed by atoms with van der Waals surface area (Å²) in [5.74, 6) is 3.40. The second kappa shape index (κ2) is 8.38. The minimum absolute atomic E-state index is 0.311. The fraction of sp³-hybridized carbons (Fsp3) is 0.667. The van der Waals surface area contributed by atoms with Gasteiger partial charge in [0.2, 0.25) is 0 Å². The Hall–Kier alpha value is -0.0800. The predicted molar refractivity (Wildman–Crippen MR) is 95.6 cm³/mol. The molecule has 0 spiro atoms. The minimum Gasteiger partial charge on any atom is -0.139 e. The van der Waals surface area contributed by atoms with E-state index >= 15 is 0 Å². The molecule has 0 amide bonds. The molecule has 2 rings (SSSR count). The quantitative estimate of drug-likeness (QED) is 0.541. The van der Waals surface area contributed by atoms with E-state index in [9.17, 15) is 0 Å². The first-order valence-corrected chi connectivity index (χ1v) is 10.1. The van der Waals surface area contributed by atoms with Crippen LogP contribution >= 0.6 is 23.5 Å². The van der Waals surface area contributed by atoms with E-state index in [1.54, 1.807) is 0 Å². The lowest BCUT2D eigenvalue weighted by Gasteiger charge is -2.41. The van der Waals surface area contributed by atoms with Gasteiger partial charge in [-0.15, -0.1) is 23.5 Å². The average molecular weight is 309 g/mol. The van der Waals surface area contributed by atoms with Crippen molar-refractivity contribution in [2.75, 3.05) is 11.5 Å². The molecule has 0 nitrogen and oxygen atoms in total. The zero-order chi connectivity index (χ0) is 14.3. The van der Waals surface area contributed by atoms with Crippen molar-refractivity contribution < 1.29 is 0 Å². The molecule has 0 radical (unpaired) electrons. The summed E-state index contributed by atoms with van der Waals surface area (Å²) < 4.78 is 0.311. The van der Waals surface area contributed by atoms with Gasteiger partial charge >= 0.3 is 0 Å². The SMILES string of the molecule is CCCCCC[C@@H](C)C1(c2ccccc2)SCCCS1. The molecule has 1 heterocycles. The van der Waals surface area contributed by atoms with Crippen molar-refractivity contribution in [1.82, 2.24) is 0 Å². The van der Waals surface area contributed by atoms with Crippen molar-refractivity contribution >= 4 is 23.5 Å². The molecular formula is C18H28S2. The van der Waals surface area contributed by atoms with Gasteiger partial charge in [-0.3, -0.25) is 0 Å². The number of thioether (sulfide) groups is 2. The highest BCUT2D eigenvalue weighted by atomic mass is 32.2. The van der Waals surface area contributed by atoms with E-state index in [1.807, 2.05) is 0 Å². The van der Waals surface area contributed by atoms with Crippen LogP contribution in [0.15, 0.2) is 30.3 Å². The van der Waals surface area contributed by atoms with Crippen LogP contribution in [0.3, 0.4) is 0 Å². The fourth-order valence-corrected chi connectivity index (χ4v) is 6.63. The lowest BCUT2D eigenvalue weighted by molar-refractivity contribution is 0.456. The molecule has 112 valence electrons. The standard InChI is InChI=1S/C18H28S2/c1-3-4-5-7-11-16(2)18(19-14-10-15-20-18)17-12-8-6-9-13-17/h6,8-9,12-13,16H,3-5,7,10-11,14-15H2,1-2H3/t16-/m1/s1. The first-order chi connectivity index (χ1) is 9.79. The van der Waals surface area contributed by atoms with Crippen LogP contribution in [0.5, 0.6) is 0 Å². The van der Waals surface area contributed by atoms with E-state index in [0.29, 0.717) is 4.08 Å². The van der Waals surface area contributed by atoms with Crippen molar-refractivity contribution in [2.45, 2.75) is 56.5 Å². The number of benzene rings is 1. The van der Waals surface area contributed by atoms with Gasteiger partial charge in [-0.25, -0.2) is 0 Å². The van der Waals surface area contributed by atoms with Crippen molar-refractivity contribution in [1.29, 1.82) is 0 Å². The molecule has 0 saturated carbocycles. The Morgan fingerprint density at radius 1 is 1.05 bits per heavy atom. The Balaban J connectivity index is 2.06. The van der Waals surface area contributed by atoms with Crippen LogP contribution in [0, 0.1) is 5.92 Å². The zero-order valence-corrected chi connectivity index (χ0v) is 14.6. The Bertz CT molecular complexity index is 368. The molecule has 0 aromatic heterocycles. The molecule has 1 aromatic rings. The summed E-state index contributed by atoms with van der Waals surface area (Å²) in [5, 5.41) is 0. The van der Waals surface area contributed by atoms with E-state index in [2.05, 4.69) is 67.7 Å². The third-order valence-corrected chi connectivity index (χ3v) is 8.06. The molecule has 1 aliphatic heterocycles. The maximum absolute atomic E-state index is 2.48. The highest BCUT2D eigenvalue weighted by Crippen LogP contribution is 2.56. The fourth-order valence-electron chi connectivity index (χ4n) is 3.02. The van der Waals surface area contributed by atoms with Crippen LogP contribution in [-0.4, -0.2) is 11.5 Å². The minimum atomic E-state index is 0.311. The lowest BCUT2D eigenvalue weighted by Crippen LogP contribution is -2.30. The van der Waals surface area contributed by atoms with Gasteiger partial charge in [0, 0.05) is 0 Å². The van der Waals surface area contributed by atoms with Gasteiger partial charge in [0.05, 0.1) is 4.08 Å². The van der Waals surface area contributed by atoms with Gasteiger partial charge in [0.1, 0.15) is 0 Å². The monoisotopic (exact) mass is 308 g/mol. The van der Waals surface area contributed by atoms with Crippen LogP contribution in [-0.2, 0) is 4.08 Å². The number of hydrogen-bond donors (Lipinski definition) is 0. The van der Waals surface area contributed by atoms with Gasteiger partial charge in [-0.2, -0.15) is 0 Å². The molecule has 20 heavy (non-hydrogen) atoms. The first-order valence-electron chi connectivity index (χ1n) is 8.13. The molecular weight excluding hydrogens is 280 g/mol. The summed E-state index contributed by atoms with van der Waals surface area (Å²) in [7, 11) is 0. The molecule has 0 aliphatic carbocycles. The van der Waals surface area contributed by atoms with E-state index in [-0.39, 0.29) is 0 Å². The van der Waals surface area contributed by atoms with E-state index in [0.717, 1.165) is 5.92 Å². The summed E-state index contributed by atoms with van der Waals surface area (Å²) in [6.07, 6.45) is 8.26. The van der Waals surface area contributed by atoms with Gasteiger partial charge < -0.3 is 0 Å². The van der Waals surface area contributed by atoms with Crippen LogP contribution < -0.4 is 0 Å². The van der Waals surface area contributed by atoms with Crippen molar-refractivity contribution in [3.8, 4) is 0 Å². The van der Waals surface area contributed by atoms with E-state index in [4.69, 9.17) is 0 Å². The Morgan fingerprint density at radius 3 is 2.40 bits per heavy atom. The van der Waals surface area contributed by atoms with Gasteiger partial charge in [0.25, 0.3) is 0 Å². The van der Waals surface area contributed by atoms with Crippen LogP contribution in [0.25, 0.3) is 0 Å². The van der Waals surface area contributed by atoms with E-state index in [1.165, 1.54) is 55.6 Å². The van der Waals surface area contributed by atoms with Crippen molar-refractivity contribution in [3.63, 3.8) is 0 Å². The molecule has 0 unspecified atom stereocenters. The first kappa shape index (κ1) is 16.3. The normalized spacial score (nSPS) is 19.7. The summed E-state index contributed by atoms with van der Waals surface area (Å²) in [6, 6.07) is 11.2. The average Bonchev–Trinajstić information content (AvgIpc) is 2.53. The molecule has 1 atom stereocenters. The summed E-state index contributed by atoms with van der Waals surface area (Å²) in [6.45, 7) is 4.77. The number of unbranched alkanes of at least 4 members (excludes halogenated alkanes) is 3. The molecule has 0 N–H and O–H groups in total. The second-order valence-corrected chi connectivity index (χ2v) is 8.77. The summed E-state index contributed by atoms with van der Waals surface area (Å²) >= 11 is 4.40. The van der Waals surface area contributed by atoms with Gasteiger partial charge in [-0.05, 0) is 35.8 Å². The third-order valence-electron chi connectivity index (χ3n) is 4.24. The Kier molecular flexibility index (Phi) is 6.83. The maximum atomic E-state index is 2.48. The lowest BCUT2D eigenvalue weighted by atomic mass is 9.94. The Morgan fingerprint density at radius 2 is 1.75 bits per heavy atom. The van der Waals surface area contributed by atoms with Crippen molar-refractivity contribution in [3.05, 3.63) is 35.9 Å². The molecule has 1 fully saturated rings. The van der Waals surface area contributed by atoms with Crippen LogP contribution in [0.4, 0.5) is 0 Å². The third kappa shape index (κ3) is 3.98. The van der Waals surface area contributed by atoms with Gasteiger partial charge in [-0.1, -0.05) is 69.9 Å². The second-order valence-electron chi connectivity index (χ2n) is 5.83. The molecule has 1 aromatic carbocycles. The summed E-state index contributed by atoms with van der Waals surface area (Å²) in [5.41, 5.74) is 1.54. The highest BCUT2D eigenvalue weighted by Gasteiger charge is 2.40. The molecule has 0 bridgehead atoms. The summed E-state index contributed by atoms with van der Waals surface area (Å²) in [4.78, 5) is 0. The largest absolute Gasteiger partial charge is 0.139 e. The highest BCUT2D eigenvalue weighted by molar-refractivity contribution is 8.18. The molecule has 1 saturated heterocycles. The number of hydrogen-bond acceptors (Lipinski definition) is 2. The maximum Gasteiger partial charge on any atom is 0.0885 e. The van der Waals surface area contributed by atoms with E-state index < -0.39 is 0 Å². The Labute approximate surface area is 133 Å². The van der Waals surface area contributed by atoms with Crippen LogP contribution in [0.1, 0.15) is 57.9 Å². The smallest absolute Gasteiger partial charge is 0.0885 e. The van der Waals surface area contributed by atoms with Crippen LogP contribution in [0.2, 0.25) is 0 Å². The molecule has 2 heteroatoms. The van der Waals surface area contributed by atoms with Gasteiger partial charge in [0.15, 0.2) is 0 Å². The van der Waals surface area contributed by atoms with Crippen molar-refractivity contribution in [2.24, 2.45) is 5.92 Å². The number of rotatable bonds is 7. The molecule has 1 aliphatic rings. The topological polar surface area (TPSA) is 0 Å². The predicted octanol–water partition coefficient (Wildman–Crippen LogP) is 6.32.